The van der Waals surface area contributed by atoms with Gasteiger partial charge in [-0.05, 0) is 54.8 Å². The number of aromatic nitrogens is 2. The zero-order valence-electron chi connectivity index (χ0n) is 17.4. The molecule has 0 atom stereocenters. The van der Waals surface area contributed by atoms with Crippen molar-refractivity contribution in [1.29, 1.82) is 0 Å². The maximum absolute atomic E-state index is 13.1. The number of thiazole rings is 1. The summed E-state index contributed by atoms with van der Waals surface area (Å²) in [4.78, 5) is 35.8. The molecule has 5 rings (SSSR count). The molecule has 3 heterocycles. The zero-order valence-corrected chi connectivity index (χ0v) is 18.2. The van der Waals surface area contributed by atoms with Crippen LogP contribution in [0.3, 0.4) is 0 Å². The Labute approximate surface area is 189 Å². The van der Waals surface area contributed by atoms with Crippen LogP contribution in [-0.4, -0.2) is 28.3 Å². The van der Waals surface area contributed by atoms with E-state index >= 15 is 0 Å². The average molecular weight is 441 g/mol. The molecule has 7 heteroatoms. The molecule has 2 amide bonds. The van der Waals surface area contributed by atoms with Crippen molar-refractivity contribution in [3.05, 3.63) is 94.6 Å². The van der Waals surface area contributed by atoms with Crippen molar-refractivity contribution in [2.45, 2.75) is 13.3 Å². The fourth-order valence-corrected chi connectivity index (χ4v) is 4.58. The molecule has 0 spiro atoms. The van der Waals surface area contributed by atoms with Gasteiger partial charge < -0.3 is 4.90 Å². The number of nitrogens with one attached hydrogen (secondary N) is 1. The van der Waals surface area contributed by atoms with Crippen molar-refractivity contribution in [1.82, 2.24) is 9.97 Å². The Kier molecular flexibility index (Phi) is 5.25. The summed E-state index contributed by atoms with van der Waals surface area (Å²) in [5.74, 6) is -0.183. The normalized spacial score (nSPS) is 12.5. The van der Waals surface area contributed by atoms with Crippen LogP contribution in [0, 0.1) is 6.92 Å². The van der Waals surface area contributed by atoms with Gasteiger partial charge in [0.05, 0.1) is 5.69 Å². The van der Waals surface area contributed by atoms with Crippen molar-refractivity contribution in [3.8, 4) is 11.3 Å². The predicted molar refractivity (Wildman–Crippen MR) is 126 cm³/mol. The number of aryl methyl sites for hydroxylation is 1. The van der Waals surface area contributed by atoms with Crippen LogP contribution in [0.15, 0.2) is 72.4 Å². The number of fused-ring (bicyclic) bond motifs is 1. The lowest BCUT2D eigenvalue weighted by atomic mass is 10.1. The highest BCUT2D eigenvalue weighted by atomic mass is 32.1. The zero-order chi connectivity index (χ0) is 22.1. The van der Waals surface area contributed by atoms with Gasteiger partial charge in [-0.2, -0.15) is 0 Å². The first-order valence-electron chi connectivity index (χ1n) is 10.3. The van der Waals surface area contributed by atoms with E-state index in [0.717, 1.165) is 40.1 Å². The van der Waals surface area contributed by atoms with Crippen LogP contribution in [0.2, 0.25) is 0 Å². The lowest BCUT2D eigenvalue weighted by molar-refractivity contribution is 0.0987. The Balaban J connectivity index is 1.35. The Hall–Kier alpha value is -3.84. The van der Waals surface area contributed by atoms with Crippen molar-refractivity contribution < 1.29 is 9.59 Å². The van der Waals surface area contributed by atoms with E-state index in [0.29, 0.717) is 17.2 Å². The third kappa shape index (κ3) is 3.78. The van der Waals surface area contributed by atoms with E-state index in [1.165, 1.54) is 11.3 Å². The topological polar surface area (TPSA) is 75.2 Å². The van der Waals surface area contributed by atoms with E-state index in [4.69, 9.17) is 0 Å². The van der Waals surface area contributed by atoms with Gasteiger partial charge in [-0.1, -0.05) is 24.3 Å². The van der Waals surface area contributed by atoms with Crippen molar-refractivity contribution in [3.63, 3.8) is 0 Å². The number of hydrogen-bond donors (Lipinski definition) is 1. The van der Waals surface area contributed by atoms with Gasteiger partial charge in [0.1, 0.15) is 0 Å². The molecule has 2 aromatic heterocycles. The molecular weight excluding hydrogens is 420 g/mol. The number of nitrogens with zero attached hydrogens (tertiary/aromatic N) is 3. The molecule has 0 saturated carbocycles. The Morgan fingerprint density at radius 2 is 1.88 bits per heavy atom. The number of benzene rings is 2. The van der Waals surface area contributed by atoms with Gasteiger partial charge in [0.2, 0.25) is 0 Å². The molecule has 158 valence electrons. The Bertz CT molecular complexity index is 1320. The SMILES string of the molecule is Cc1ccccc1C(=O)N1CCc2cc(-c3csc(NC(=O)c4ccncc4)n3)ccc21. The molecule has 0 aliphatic carbocycles. The lowest BCUT2D eigenvalue weighted by Crippen LogP contribution is -2.29. The summed E-state index contributed by atoms with van der Waals surface area (Å²) in [6, 6.07) is 17.0. The van der Waals surface area contributed by atoms with Crippen molar-refractivity contribution >= 4 is 34.0 Å². The summed E-state index contributed by atoms with van der Waals surface area (Å²) in [7, 11) is 0. The second kappa shape index (κ2) is 8.36. The van der Waals surface area contributed by atoms with Crippen LogP contribution >= 0.6 is 11.3 Å². The molecule has 32 heavy (non-hydrogen) atoms. The highest BCUT2D eigenvalue weighted by molar-refractivity contribution is 7.14. The van der Waals surface area contributed by atoms with Gasteiger partial charge in [0.15, 0.2) is 5.13 Å². The minimum atomic E-state index is -0.215. The third-order valence-corrected chi connectivity index (χ3v) is 6.32. The Morgan fingerprint density at radius 1 is 1.06 bits per heavy atom. The first-order valence-corrected chi connectivity index (χ1v) is 11.2. The minimum absolute atomic E-state index is 0.0318. The number of rotatable bonds is 4. The minimum Gasteiger partial charge on any atom is -0.308 e. The fraction of sp³-hybridized carbons (Fsp3) is 0.120. The average Bonchev–Trinajstić information content (AvgIpc) is 3.46. The van der Waals surface area contributed by atoms with Gasteiger partial charge in [-0.25, -0.2) is 4.98 Å². The highest BCUT2D eigenvalue weighted by Gasteiger charge is 2.26. The second-order valence-corrected chi connectivity index (χ2v) is 8.45. The molecule has 1 aliphatic rings. The molecular formula is C25H20N4O2S. The summed E-state index contributed by atoms with van der Waals surface area (Å²) in [5.41, 5.74) is 6.09. The lowest BCUT2D eigenvalue weighted by Gasteiger charge is -2.18. The fourth-order valence-electron chi connectivity index (χ4n) is 3.87. The summed E-state index contributed by atoms with van der Waals surface area (Å²) in [5, 5.41) is 5.30. The van der Waals surface area contributed by atoms with E-state index in [1.807, 2.05) is 53.6 Å². The molecule has 0 radical (unpaired) electrons. The first kappa shape index (κ1) is 20.1. The van der Waals surface area contributed by atoms with Crippen LogP contribution < -0.4 is 10.2 Å². The quantitative estimate of drug-likeness (QED) is 0.486. The monoisotopic (exact) mass is 440 g/mol. The molecule has 0 fully saturated rings. The summed E-state index contributed by atoms with van der Waals surface area (Å²) in [6.07, 6.45) is 3.97. The number of anilines is 2. The van der Waals surface area contributed by atoms with Gasteiger partial charge in [-0.3, -0.25) is 19.9 Å². The van der Waals surface area contributed by atoms with E-state index < -0.39 is 0 Å². The van der Waals surface area contributed by atoms with Crippen molar-refractivity contribution in [2.24, 2.45) is 0 Å². The van der Waals surface area contributed by atoms with Crippen LogP contribution in [0.25, 0.3) is 11.3 Å². The van der Waals surface area contributed by atoms with Gasteiger partial charge >= 0.3 is 0 Å². The molecule has 6 nitrogen and oxygen atoms in total. The molecule has 0 unspecified atom stereocenters. The number of amides is 2. The molecule has 0 saturated heterocycles. The number of carbonyl (C=O) groups excluding carboxylic acids is 2. The predicted octanol–water partition coefficient (Wildman–Crippen LogP) is 4.97. The molecule has 4 aromatic rings. The second-order valence-electron chi connectivity index (χ2n) is 7.59. The number of pyridine rings is 1. The molecule has 2 aromatic carbocycles. The van der Waals surface area contributed by atoms with E-state index in [-0.39, 0.29) is 11.8 Å². The van der Waals surface area contributed by atoms with Crippen LogP contribution in [0.4, 0.5) is 10.8 Å². The molecule has 1 aliphatic heterocycles. The van der Waals surface area contributed by atoms with E-state index in [2.05, 4.69) is 21.4 Å². The Morgan fingerprint density at radius 3 is 2.69 bits per heavy atom. The largest absolute Gasteiger partial charge is 0.308 e. The van der Waals surface area contributed by atoms with Crippen LogP contribution in [0.1, 0.15) is 31.8 Å². The first-order chi connectivity index (χ1) is 15.6. The standard InChI is InChI=1S/C25H20N4O2S/c1-16-4-2-3-5-20(16)24(31)29-13-10-19-14-18(6-7-22(19)29)21-15-32-25(27-21)28-23(30)17-8-11-26-12-9-17/h2-9,11-12,14-15H,10,13H2,1H3,(H,27,28,30). The van der Waals surface area contributed by atoms with E-state index in [1.54, 1.807) is 24.5 Å². The molecule has 1 N–H and O–H groups in total. The van der Waals surface area contributed by atoms with Gasteiger partial charge in [0, 0.05) is 46.7 Å². The van der Waals surface area contributed by atoms with Crippen LogP contribution in [-0.2, 0) is 6.42 Å². The number of hydrogen-bond acceptors (Lipinski definition) is 5. The van der Waals surface area contributed by atoms with Gasteiger partial charge in [0.25, 0.3) is 11.8 Å². The van der Waals surface area contributed by atoms with Gasteiger partial charge in [-0.15, -0.1) is 11.3 Å². The maximum Gasteiger partial charge on any atom is 0.258 e. The van der Waals surface area contributed by atoms with E-state index in [9.17, 15) is 9.59 Å². The third-order valence-electron chi connectivity index (χ3n) is 5.56. The number of carbonyl (C=O) groups is 2. The smallest absolute Gasteiger partial charge is 0.258 e. The summed E-state index contributed by atoms with van der Waals surface area (Å²) in [6.45, 7) is 2.62. The van der Waals surface area contributed by atoms with Crippen molar-refractivity contribution in [2.75, 3.05) is 16.8 Å². The molecule has 0 bridgehead atoms. The maximum atomic E-state index is 13.1. The highest BCUT2D eigenvalue weighted by Crippen LogP contribution is 2.34. The van der Waals surface area contributed by atoms with Crippen LogP contribution in [0.5, 0.6) is 0 Å². The summed E-state index contributed by atoms with van der Waals surface area (Å²) >= 11 is 1.38. The summed E-state index contributed by atoms with van der Waals surface area (Å²) < 4.78 is 0.